The monoisotopic (exact) mass is 287 g/mol. The SMILES string of the molecule is COC(=O)c1cn[nH]c1S(=O)(=O)N1CCC[C@H](C)C1. The molecular formula is C11H17N3O4S. The summed E-state index contributed by atoms with van der Waals surface area (Å²) in [6.45, 7) is 2.93. The molecule has 7 nitrogen and oxygen atoms in total. The molecule has 2 rings (SSSR count). The predicted octanol–water partition coefficient (Wildman–Crippen LogP) is 0.617. The smallest absolute Gasteiger partial charge is 0.342 e. The fourth-order valence-corrected chi connectivity index (χ4v) is 3.88. The Labute approximate surface area is 112 Å². The highest BCUT2D eigenvalue weighted by Crippen LogP contribution is 2.24. The minimum absolute atomic E-state index is 0.0549. The van der Waals surface area contributed by atoms with Crippen molar-refractivity contribution in [2.45, 2.75) is 24.8 Å². The van der Waals surface area contributed by atoms with Gasteiger partial charge in [0.05, 0.1) is 13.3 Å². The van der Waals surface area contributed by atoms with Crippen molar-refractivity contribution in [1.29, 1.82) is 0 Å². The molecule has 1 aromatic rings. The lowest BCUT2D eigenvalue weighted by Gasteiger charge is -2.29. The van der Waals surface area contributed by atoms with Crippen molar-refractivity contribution in [2.24, 2.45) is 5.92 Å². The van der Waals surface area contributed by atoms with Crippen LogP contribution in [0.5, 0.6) is 0 Å². The first-order chi connectivity index (χ1) is 8.96. The zero-order chi connectivity index (χ0) is 14.0. The van der Waals surface area contributed by atoms with Gasteiger partial charge in [-0.1, -0.05) is 6.92 Å². The van der Waals surface area contributed by atoms with Crippen LogP contribution in [0.25, 0.3) is 0 Å². The molecule has 1 fully saturated rings. The summed E-state index contributed by atoms with van der Waals surface area (Å²) in [5.74, 6) is -0.398. The van der Waals surface area contributed by atoms with Crippen LogP contribution in [0.1, 0.15) is 30.1 Å². The average Bonchev–Trinajstić information content (AvgIpc) is 2.87. The minimum Gasteiger partial charge on any atom is -0.465 e. The standard InChI is InChI=1S/C11H17N3O4S/c1-8-4-3-5-14(7-8)19(16,17)10-9(6-12-13-10)11(15)18-2/h6,8H,3-5,7H2,1-2H3,(H,12,13)/t8-/m0/s1. The number of hydrogen-bond acceptors (Lipinski definition) is 5. The lowest BCUT2D eigenvalue weighted by Crippen LogP contribution is -2.39. The molecule has 0 amide bonds. The lowest BCUT2D eigenvalue weighted by atomic mass is 10.0. The number of hydrogen-bond donors (Lipinski definition) is 1. The van der Waals surface area contributed by atoms with E-state index in [4.69, 9.17) is 0 Å². The summed E-state index contributed by atoms with van der Waals surface area (Å²) in [5.41, 5.74) is -0.0549. The molecule has 0 bridgehead atoms. The zero-order valence-corrected chi connectivity index (χ0v) is 11.7. The van der Waals surface area contributed by atoms with Gasteiger partial charge >= 0.3 is 5.97 Å². The molecule has 1 N–H and O–H groups in total. The highest BCUT2D eigenvalue weighted by molar-refractivity contribution is 7.89. The highest BCUT2D eigenvalue weighted by atomic mass is 32.2. The number of sulfonamides is 1. The number of methoxy groups -OCH3 is 1. The molecule has 1 aliphatic rings. The van der Waals surface area contributed by atoms with E-state index < -0.39 is 16.0 Å². The van der Waals surface area contributed by atoms with E-state index in [0.29, 0.717) is 19.0 Å². The number of esters is 1. The second-order valence-corrected chi connectivity index (χ2v) is 6.59. The van der Waals surface area contributed by atoms with Crippen LogP contribution < -0.4 is 0 Å². The maximum absolute atomic E-state index is 12.5. The van der Waals surface area contributed by atoms with Crippen molar-refractivity contribution in [3.63, 3.8) is 0 Å². The van der Waals surface area contributed by atoms with E-state index in [1.54, 1.807) is 0 Å². The van der Waals surface area contributed by atoms with Crippen molar-refractivity contribution in [3.05, 3.63) is 11.8 Å². The predicted molar refractivity (Wildman–Crippen MR) is 67.1 cm³/mol. The van der Waals surface area contributed by atoms with E-state index >= 15 is 0 Å². The van der Waals surface area contributed by atoms with Crippen LogP contribution in [0.4, 0.5) is 0 Å². The molecule has 106 valence electrons. The summed E-state index contributed by atoms with van der Waals surface area (Å²) in [6.07, 6.45) is 3.01. The molecule has 0 unspecified atom stereocenters. The molecule has 0 radical (unpaired) electrons. The van der Waals surface area contributed by atoms with Gasteiger partial charge in [-0.3, -0.25) is 5.10 Å². The van der Waals surface area contributed by atoms with Crippen LogP contribution in [0.2, 0.25) is 0 Å². The normalized spacial score (nSPS) is 21.3. The second kappa shape index (κ2) is 5.30. The van der Waals surface area contributed by atoms with Gasteiger partial charge in [-0.2, -0.15) is 9.40 Å². The molecule has 0 spiro atoms. The van der Waals surface area contributed by atoms with E-state index in [1.165, 1.54) is 17.6 Å². The number of H-pyrrole nitrogens is 1. The number of carbonyl (C=O) groups is 1. The number of nitrogens with zero attached hydrogens (tertiary/aromatic N) is 2. The molecule has 0 aliphatic carbocycles. The average molecular weight is 287 g/mol. The number of piperidine rings is 1. The number of ether oxygens (including phenoxy) is 1. The third-order valence-electron chi connectivity index (χ3n) is 3.23. The molecule has 8 heteroatoms. The lowest BCUT2D eigenvalue weighted by molar-refractivity contribution is 0.0596. The number of nitrogens with one attached hydrogen (secondary N) is 1. The van der Waals surface area contributed by atoms with Gasteiger partial charge in [0.1, 0.15) is 5.56 Å². The van der Waals surface area contributed by atoms with Crippen LogP contribution in [0.15, 0.2) is 11.2 Å². The third kappa shape index (κ3) is 2.64. The Morgan fingerprint density at radius 3 is 2.95 bits per heavy atom. The number of rotatable bonds is 3. The highest BCUT2D eigenvalue weighted by Gasteiger charge is 2.33. The molecule has 0 saturated carbocycles. The van der Waals surface area contributed by atoms with Crippen molar-refractivity contribution in [2.75, 3.05) is 20.2 Å². The summed E-state index contributed by atoms with van der Waals surface area (Å²) in [4.78, 5) is 11.5. The van der Waals surface area contributed by atoms with Gasteiger partial charge in [0, 0.05) is 13.1 Å². The van der Waals surface area contributed by atoms with E-state index in [1.807, 2.05) is 6.92 Å². The fraction of sp³-hybridized carbons (Fsp3) is 0.636. The molecule has 1 saturated heterocycles. The molecule has 1 aromatic heterocycles. The van der Waals surface area contributed by atoms with Crippen LogP contribution in [0.3, 0.4) is 0 Å². The minimum atomic E-state index is -3.72. The quantitative estimate of drug-likeness (QED) is 0.823. The molecular weight excluding hydrogens is 270 g/mol. The first-order valence-corrected chi connectivity index (χ1v) is 7.52. The zero-order valence-electron chi connectivity index (χ0n) is 10.9. The Morgan fingerprint density at radius 1 is 1.58 bits per heavy atom. The summed E-state index contributed by atoms with van der Waals surface area (Å²) in [6, 6.07) is 0. The van der Waals surface area contributed by atoms with Crippen LogP contribution in [-0.4, -0.2) is 49.1 Å². The van der Waals surface area contributed by atoms with Crippen LogP contribution >= 0.6 is 0 Å². The van der Waals surface area contributed by atoms with Gasteiger partial charge in [-0.05, 0) is 18.8 Å². The summed E-state index contributed by atoms with van der Waals surface area (Å²) >= 11 is 0. The number of aromatic amines is 1. The summed E-state index contributed by atoms with van der Waals surface area (Å²) in [5, 5.41) is 5.85. The first-order valence-electron chi connectivity index (χ1n) is 6.08. The molecule has 19 heavy (non-hydrogen) atoms. The Balaban J connectivity index is 2.34. The summed E-state index contributed by atoms with van der Waals surface area (Å²) in [7, 11) is -2.52. The van der Waals surface area contributed by atoms with Gasteiger partial charge in [-0.25, -0.2) is 13.2 Å². The topological polar surface area (TPSA) is 92.4 Å². The van der Waals surface area contributed by atoms with E-state index in [0.717, 1.165) is 12.8 Å². The Bertz CT molecular complexity index is 566. The van der Waals surface area contributed by atoms with Crippen LogP contribution in [-0.2, 0) is 14.8 Å². The maximum Gasteiger partial charge on any atom is 0.342 e. The number of carbonyl (C=O) groups excluding carboxylic acids is 1. The number of aromatic nitrogens is 2. The maximum atomic E-state index is 12.5. The second-order valence-electron chi connectivity index (χ2n) is 4.71. The Morgan fingerprint density at radius 2 is 2.32 bits per heavy atom. The van der Waals surface area contributed by atoms with Crippen molar-refractivity contribution in [1.82, 2.24) is 14.5 Å². The molecule has 1 aliphatic heterocycles. The van der Waals surface area contributed by atoms with Crippen molar-refractivity contribution in [3.8, 4) is 0 Å². The fourth-order valence-electron chi connectivity index (χ4n) is 2.22. The van der Waals surface area contributed by atoms with Crippen LogP contribution in [0, 0.1) is 5.92 Å². The van der Waals surface area contributed by atoms with E-state index in [9.17, 15) is 13.2 Å². The molecule has 0 aromatic carbocycles. The molecule has 2 heterocycles. The van der Waals surface area contributed by atoms with Crippen molar-refractivity contribution < 1.29 is 17.9 Å². The van der Waals surface area contributed by atoms with Crippen molar-refractivity contribution >= 4 is 16.0 Å². The van der Waals surface area contributed by atoms with E-state index in [-0.39, 0.29) is 10.6 Å². The Kier molecular flexibility index (Phi) is 3.91. The van der Waals surface area contributed by atoms with Gasteiger partial charge in [-0.15, -0.1) is 0 Å². The van der Waals surface area contributed by atoms with Gasteiger partial charge in [0.25, 0.3) is 10.0 Å². The van der Waals surface area contributed by atoms with Gasteiger partial charge in [0.2, 0.25) is 0 Å². The molecule has 1 atom stereocenters. The third-order valence-corrected chi connectivity index (χ3v) is 5.07. The van der Waals surface area contributed by atoms with Gasteiger partial charge < -0.3 is 4.74 Å². The first kappa shape index (κ1) is 14.0. The summed E-state index contributed by atoms with van der Waals surface area (Å²) < 4.78 is 30.9. The Hall–Kier alpha value is -1.41. The van der Waals surface area contributed by atoms with E-state index in [2.05, 4.69) is 14.9 Å². The largest absolute Gasteiger partial charge is 0.465 e. The van der Waals surface area contributed by atoms with Gasteiger partial charge in [0.15, 0.2) is 5.03 Å².